The molecule has 1 amide bonds. The first-order valence-electron chi connectivity index (χ1n) is 8.87. The van der Waals surface area contributed by atoms with Crippen LogP contribution < -0.4 is 19.5 Å². The first-order valence-corrected chi connectivity index (χ1v) is 8.87. The van der Waals surface area contributed by atoms with Gasteiger partial charge < -0.3 is 23.9 Å². The van der Waals surface area contributed by atoms with Crippen LogP contribution in [0.25, 0.3) is 11.5 Å². The summed E-state index contributed by atoms with van der Waals surface area (Å²) in [6.07, 6.45) is 1.27. The van der Waals surface area contributed by atoms with Crippen molar-refractivity contribution in [2.75, 3.05) is 19.8 Å². The highest BCUT2D eigenvalue weighted by Gasteiger charge is 2.16. The first-order chi connectivity index (χ1) is 13.7. The van der Waals surface area contributed by atoms with E-state index in [0.717, 1.165) is 16.9 Å². The number of benzene rings is 2. The Morgan fingerprint density at radius 2 is 1.93 bits per heavy atom. The van der Waals surface area contributed by atoms with Gasteiger partial charge in [-0.05, 0) is 48.9 Å². The number of carbonyl (C=O) groups excluding carboxylic acids is 1. The molecule has 0 fully saturated rings. The molecule has 1 unspecified atom stereocenters. The lowest BCUT2D eigenvalue weighted by Crippen LogP contribution is -2.31. The minimum atomic E-state index is -0.219. The van der Waals surface area contributed by atoms with Crippen molar-refractivity contribution in [2.24, 2.45) is 0 Å². The predicted octanol–water partition coefficient (Wildman–Crippen LogP) is 2.76. The molecular weight excluding hydrogens is 362 g/mol. The van der Waals surface area contributed by atoms with Gasteiger partial charge in [-0.1, -0.05) is 6.07 Å². The van der Waals surface area contributed by atoms with Crippen molar-refractivity contribution < 1.29 is 23.4 Å². The molecule has 1 N–H and O–H groups in total. The quantitative estimate of drug-likeness (QED) is 0.701. The van der Waals surface area contributed by atoms with E-state index in [-0.39, 0.29) is 18.6 Å². The monoisotopic (exact) mass is 381 g/mol. The largest absolute Gasteiger partial charge is 0.486 e. The van der Waals surface area contributed by atoms with Crippen molar-refractivity contribution in [2.45, 2.75) is 13.0 Å². The summed E-state index contributed by atoms with van der Waals surface area (Å²) in [7, 11) is 0. The third-order valence-corrected chi connectivity index (χ3v) is 4.27. The van der Waals surface area contributed by atoms with Gasteiger partial charge >= 0.3 is 0 Å². The first kappa shape index (κ1) is 17.8. The van der Waals surface area contributed by atoms with Gasteiger partial charge in [-0.15, -0.1) is 10.2 Å². The van der Waals surface area contributed by atoms with E-state index < -0.39 is 0 Å². The molecule has 1 aliphatic heterocycles. The molecule has 2 heterocycles. The Kier molecular flexibility index (Phi) is 5.09. The SMILES string of the molecule is CC(NC(=O)COc1ccc(-c2nnco2)cc1)c1ccc2c(c1)OCCO2. The molecule has 4 rings (SSSR count). The summed E-state index contributed by atoms with van der Waals surface area (Å²) in [6.45, 7) is 2.89. The molecule has 1 aliphatic rings. The summed E-state index contributed by atoms with van der Waals surface area (Å²) in [5.41, 5.74) is 1.71. The fourth-order valence-electron chi connectivity index (χ4n) is 2.84. The van der Waals surface area contributed by atoms with Crippen LogP contribution >= 0.6 is 0 Å². The highest BCUT2D eigenvalue weighted by atomic mass is 16.6. The molecular formula is C20H19N3O5. The van der Waals surface area contributed by atoms with Gasteiger partial charge in [0.05, 0.1) is 6.04 Å². The maximum absolute atomic E-state index is 12.2. The zero-order valence-electron chi connectivity index (χ0n) is 15.3. The van der Waals surface area contributed by atoms with Crippen LogP contribution in [0.1, 0.15) is 18.5 Å². The molecule has 1 aromatic heterocycles. The van der Waals surface area contributed by atoms with Crippen LogP contribution in [0, 0.1) is 0 Å². The second-order valence-corrected chi connectivity index (χ2v) is 6.25. The number of hydrogen-bond acceptors (Lipinski definition) is 7. The fourth-order valence-corrected chi connectivity index (χ4v) is 2.84. The topological polar surface area (TPSA) is 95.7 Å². The number of fused-ring (bicyclic) bond motifs is 1. The molecule has 8 nitrogen and oxygen atoms in total. The lowest BCUT2D eigenvalue weighted by Gasteiger charge is -2.21. The van der Waals surface area contributed by atoms with Crippen molar-refractivity contribution >= 4 is 5.91 Å². The van der Waals surface area contributed by atoms with Crippen LogP contribution in [-0.2, 0) is 4.79 Å². The lowest BCUT2D eigenvalue weighted by atomic mass is 10.1. The van der Waals surface area contributed by atoms with E-state index in [1.54, 1.807) is 24.3 Å². The Bertz CT molecular complexity index is 941. The second-order valence-electron chi connectivity index (χ2n) is 6.25. The number of nitrogens with zero attached hydrogens (tertiary/aromatic N) is 2. The standard InChI is InChI=1S/C20H19N3O5/c1-13(15-4-7-17-18(10-15)26-9-8-25-17)22-19(24)11-27-16-5-2-14(3-6-16)20-23-21-12-28-20/h2-7,10,12-13H,8-9,11H2,1H3,(H,22,24). The van der Waals surface area contributed by atoms with Gasteiger partial charge in [0.15, 0.2) is 18.1 Å². The molecule has 0 saturated carbocycles. The highest BCUT2D eigenvalue weighted by molar-refractivity contribution is 5.78. The molecule has 0 bridgehead atoms. The van der Waals surface area contributed by atoms with Crippen LogP contribution in [-0.4, -0.2) is 35.9 Å². The summed E-state index contributed by atoms with van der Waals surface area (Å²) < 4.78 is 21.8. The number of nitrogens with one attached hydrogen (secondary N) is 1. The van der Waals surface area contributed by atoms with E-state index in [1.165, 1.54) is 6.39 Å². The van der Waals surface area contributed by atoms with E-state index >= 15 is 0 Å². The molecule has 0 radical (unpaired) electrons. The summed E-state index contributed by atoms with van der Waals surface area (Å²) in [6, 6.07) is 12.5. The van der Waals surface area contributed by atoms with Gasteiger partial charge in [0, 0.05) is 5.56 Å². The molecule has 2 aromatic carbocycles. The Labute approximate surface area is 161 Å². The Hall–Kier alpha value is -3.55. The van der Waals surface area contributed by atoms with Crippen LogP contribution in [0.3, 0.4) is 0 Å². The van der Waals surface area contributed by atoms with Crippen molar-refractivity contribution in [1.29, 1.82) is 0 Å². The third kappa shape index (κ3) is 4.06. The van der Waals surface area contributed by atoms with Gasteiger partial charge in [-0.3, -0.25) is 4.79 Å². The minimum absolute atomic E-state index is 0.0885. The van der Waals surface area contributed by atoms with Crippen LogP contribution in [0.5, 0.6) is 17.2 Å². The summed E-state index contributed by atoms with van der Waals surface area (Å²) in [4.78, 5) is 12.2. The van der Waals surface area contributed by atoms with Gasteiger partial charge in [-0.25, -0.2) is 0 Å². The Morgan fingerprint density at radius 3 is 2.68 bits per heavy atom. The summed E-state index contributed by atoms with van der Waals surface area (Å²) in [5, 5.41) is 10.4. The zero-order chi connectivity index (χ0) is 19.3. The van der Waals surface area contributed by atoms with E-state index in [9.17, 15) is 4.79 Å². The average Bonchev–Trinajstić information content (AvgIpc) is 3.27. The molecule has 144 valence electrons. The number of hydrogen-bond donors (Lipinski definition) is 1. The zero-order valence-corrected chi connectivity index (χ0v) is 15.3. The lowest BCUT2D eigenvalue weighted by molar-refractivity contribution is -0.123. The Balaban J connectivity index is 1.30. The molecule has 1 atom stereocenters. The number of rotatable bonds is 6. The number of amides is 1. The van der Waals surface area contributed by atoms with E-state index in [2.05, 4.69) is 15.5 Å². The fraction of sp³-hybridized carbons (Fsp3) is 0.250. The predicted molar refractivity (Wildman–Crippen MR) is 99.2 cm³/mol. The number of carbonyl (C=O) groups is 1. The molecule has 3 aromatic rings. The average molecular weight is 381 g/mol. The van der Waals surface area contributed by atoms with Crippen LogP contribution in [0.4, 0.5) is 0 Å². The molecule has 0 spiro atoms. The van der Waals surface area contributed by atoms with Crippen LogP contribution in [0.2, 0.25) is 0 Å². The minimum Gasteiger partial charge on any atom is -0.486 e. The van der Waals surface area contributed by atoms with Crippen LogP contribution in [0.15, 0.2) is 53.3 Å². The highest BCUT2D eigenvalue weighted by Crippen LogP contribution is 2.32. The number of aromatic nitrogens is 2. The van der Waals surface area contributed by atoms with E-state index in [4.69, 9.17) is 18.6 Å². The van der Waals surface area contributed by atoms with Crippen molar-refractivity contribution in [3.8, 4) is 28.7 Å². The molecule has 0 aliphatic carbocycles. The van der Waals surface area contributed by atoms with Crippen molar-refractivity contribution in [3.05, 3.63) is 54.4 Å². The van der Waals surface area contributed by atoms with Crippen molar-refractivity contribution in [1.82, 2.24) is 15.5 Å². The van der Waals surface area contributed by atoms with Gasteiger partial charge in [0.1, 0.15) is 19.0 Å². The van der Waals surface area contributed by atoms with Gasteiger partial charge in [0.25, 0.3) is 5.91 Å². The molecule has 28 heavy (non-hydrogen) atoms. The van der Waals surface area contributed by atoms with Crippen molar-refractivity contribution in [3.63, 3.8) is 0 Å². The maximum Gasteiger partial charge on any atom is 0.258 e. The smallest absolute Gasteiger partial charge is 0.258 e. The van der Waals surface area contributed by atoms with Gasteiger partial charge in [-0.2, -0.15) is 0 Å². The second kappa shape index (κ2) is 7.99. The number of ether oxygens (including phenoxy) is 3. The van der Waals surface area contributed by atoms with E-state index in [1.807, 2.05) is 25.1 Å². The third-order valence-electron chi connectivity index (χ3n) is 4.27. The summed E-state index contributed by atoms with van der Waals surface area (Å²) >= 11 is 0. The van der Waals surface area contributed by atoms with Gasteiger partial charge in [0.2, 0.25) is 12.3 Å². The maximum atomic E-state index is 12.2. The Morgan fingerprint density at radius 1 is 1.14 bits per heavy atom. The summed E-state index contributed by atoms with van der Waals surface area (Å²) in [5.74, 6) is 2.20. The normalized spacial score (nSPS) is 13.6. The van der Waals surface area contributed by atoms with E-state index in [0.29, 0.717) is 30.6 Å². The molecule has 0 saturated heterocycles. The molecule has 8 heteroatoms.